The van der Waals surface area contributed by atoms with Gasteiger partial charge in [-0.25, -0.2) is 0 Å². The van der Waals surface area contributed by atoms with Crippen LogP contribution in [0.15, 0.2) is 0 Å². The molecule has 0 aromatic carbocycles. The summed E-state index contributed by atoms with van der Waals surface area (Å²) in [6, 6.07) is 0. The van der Waals surface area contributed by atoms with Gasteiger partial charge in [-0.05, 0) is 20.9 Å². The minimum absolute atomic E-state index is 0.0838. The number of amides is 2. The maximum Gasteiger partial charge on any atom is 0.242 e. The Balaban J connectivity index is 4.33. The molecule has 0 saturated heterocycles. The van der Waals surface area contributed by atoms with Gasteiger partial charge in [0.25, 0.3) is 0 Å². The molecule has 2 amide bonds. The molecule has 0 atom stereocenters. The van der Waals surface area contributed by atoms with Gasteiger partial charge in [0.1, 0.15) is 0 Å². The van der Waals surface area contributed by atoms with Crippen LogP contribution in [0.1, 0.15) is 13.8 Å². The lowest BCUT2D eigenvalue weighted by Crippen LogP contribution is -2.53. The van der Waals surface area contributed by atoms with E-state index in [9.17, 15) is 9.59 Å². The van der Waals surface area contributed by atoms with Gasteiger partial charge in [0.05, 0.1) is 12.1 Å². The number of hydrogen-bond donors (Lipinski definition) is 2. The summed E-state index contributed by atoms with van der Waals surface area (Å²) in [7, 11) is 4.87. The van der Waals surface area contributed by atoms with Crippen molar-refractivity contribution in [1.29, 1.82) is 0 Å². The third kappa shape index (κ3) is 3.33. The molecule has 0 fully saturated rings. The molecule has 0 radical (unpaired) electrons. The highest BCUT2D eigenvalue weighted by Gasteiger charge is 2.28. The van der Waals surface area contributed by atoms with Crippen LogP contribution < -0.4 is 10.6 Å². The van der Waals surface area contributed by atoms with Crippen LogP contribution in [0.5, 0.6) is 0 Å². The van der Waals surface area contributed by atoms with Crippen LogP contribution in [0.3, 0.4) is 0 Å². The molecule has 0 heterocycles. The maximum atomic E-state index is 11.7. The molecule has 0 aromatic heterocycles. The predicted molar refractivity (Wildman–Crippen MR) is 54.8 cm³/mol. The van der Waals surface area contributed by atoms with Gasteiger partial charge < -0.3 is 15.5 Å². The second kappa shape index (κ2) is 4.95. The molecule has 2 N–H and O–H groups in total. The van der Waals surface area contributed by atoms with E-state index in [2.05, 4.69) is 10.6 Å². The lowest BCUT2D eigenvalue weighted by molar-refractivity contribution is -0.139. The van der Waals surface area contributed by atoms with Gasteiger partial charge >= 0.3 is 0 Å². The summed E-state index contributed by atoms with van der Waals surface area (Å²) in [6.07, 6.45) is 0. The van der Waals surface area contributed by atoms with Crippen LogP contribution in [0.4, 0.5) is 0 Å². The molecule has 0 aliphatic rings. The number of nitrogens with zero attached hydrogens (tertiary/aromatic N) is 1. The van der Waals surface area contributed by atoms with Crippen molar-refractivity contribution in [1.82, 2.24) is 15.5 Å². The number of rotatable bonds is 4. The lowest BCUT2D eigenvalue weighted by atomic mass is 10.0. The summed E-state index contributed by atoms with van der Waals surface area (Å²) in [5, 5.41) is 5.36. The Labute approximate surface area is 84.8 Å². The van der Waals surface area contributed by atoms with E-state index in [0.29, 0.717) is 0 Å². The molecule has 14 heavy (non-hydrogen) atoms. The smallest absolute Gasteiger partial charge is 0.242 e. The van der Waals surface area contributed by atoms with Crippen LogP contribution in [-0.4, -0.2) is 49.9 Å². The minimum atomic E-state index is -0.636. The molecule has 82 valence electrons. The van der Waals surface area contributed by atoms with E-state index in [-0.39, 0.29) is 18.4 Å². The van der Waals surface area contributed by atoms with Crippen molar-refractivity contribution in [3.63, 3.8) is 0 Å². The molecule has 0 aromatic rings. The van der Waals surface area contributed by atoms with Crippen molar-refractivity contribution < 1.29 is 9.59 Å². The fourth-order valence-corrected chi connectivity index (χ4v) is 0.950. The molecule has 0 spiro atoms. The third-order valence-electron chi connectivity index (χ3n) is 2.17. The highest BCUT2D eigenvalue weighted by Crippen LogP contribution is 2.05. The number of hydrogen-bond acceptors (Lipinski definition) is 3. The fraction of sp³-hybridized carbons (Fsp3) is 0.778. The summed E-state index contributed by atoms with van der Waals surface area (Å²) >= 11 is 0. The summed E-state index contributed by atoms with van der Waals surface area (Å²) in [5.74, 6) is -0.281. The first-order chi connectivity index (χ1) is 6.35. The highest BCUT2D eigenvalue weighted by molar-refractivity contribution is 5.89. The first-order valence-electron chi connectivity index (χ1n) is 4.50. The van der Waals surface area contributed by atoms with E-state index < -0.39 is 5.54 Å². The molecule has 0 rings (SSSR count). The van der Waals surface area contributed by atoms with Crippen molar-refractivity contribution in [2.24, 2.45) is 0 Å². The highest BCUT2D eigenvalue weighted by atomic mass is 16.2. The largest absolute Gasteiger partial charge is 0.358 e. The zero-order chi connectivity index (χ0) is 11.4. The topological polar surface area (TPSA) is 61.4 Å². The Bertz CT molecular complexity index is 226. The molecular formula is C9H19N3O2. The van der Waals surface area contributed by atoms with Crippen LogP contribution in [0, 0.1) is 0 Å². The molecule has 0 aliphatic heterocycles. The Hall–Kier alpha value is -1.10. The van der Waals surface area contributed by atoms with Crippen molar-refractivity contribution in [2.75, 3.05) is 27.7 Å². The van der Waals surface area contributed by atoms with E-state index in [0.717, 1.165) is 0 Å². The second-order valence-electron chi connectivity index (χ2n) is 3.71. The SMILES string of the molecule is CNC(=O)CN(C)C(=O)C(C)(C)NC. The molecule has 0 saturated carbocycles. The van der Waals surface area contributed by atoms with Gasteiger partial charge in [-0.3, -0.25) is 9.59 Å². The molecular weight excluding hydrogens is 182 g/mol. The summed E-state index contributed by atoms with van der Waals surface area (Å²) in [4.78, 5) is 24.1. The van der Waals surface area contributed by atoms with Crippen molar-refractivity contribution in [3.05, 3.63) is 0 Å². The van der Waals surface area contributed by atoms with Gasteiger partial charge in [-0.2, -0.15) is 0 Å². The second-order valence-corrected chi connectivity index (χ2v) is 3.71. The predicted octanol–water partition coefficient (Wildman–Crippen LogP) is -0.811. The van der Waals surface area contributed by atoms with Gasteiger partial charge in [0, 0.05) is 14.1 Å². The first kappa shape index (κ1) is 12.9. The molecule has 5 heteroatoms. The maximum absolute atomic E-state index is 11.7. The average Bonchev–Trinajstić information content (AvgIpc) is 2.16. The lowest BCUT2D eigenvalue weighted by Gasteiger charge is -2.28. The van der Waals surface area contributed by atoms with Gasteiger partial charge in [-0.15, -0.1) is 0 Å². The van der Waals surface area contributed by atoms with E-state index in [1.165, 1.54) is 4.90 Å². The van der Waals surface area contributed by atoms with Crippen molar-refractivity contribution in [2.45, 2.75) is 19.4 Å². The Morgan fingerprint density at radius 1 is 1.29 bits per heavy atom. The van der Waals surface area contributed by atoms with Crippen LogP contribution in [-0.2, 0) is 9.59 Å². The van der Waals surface area contributed by atoms with Crippen LogP contribution >= 0.6 is 0 Å². The third-order valence-corrected chi connectivity index (χ3v) is 2.17. The number of carbonyl (C=O) groups excluding carboxylic acids is 2. The monoisotopic (exact) mass is 201 g/mol. The van der Waals surface area contributed by atoms with Crippen LogP contribution in [0.25, 0.3) is 0 Å². The van der Waals surface area contributed by atoms with Crippen molar-refractivity contribution in [3.8, 4) is 0 Å². The van der Waals surface area contributed by atoms with Crippen molar-refractivity contribution >= 4 is 11.8 Å². The molecule has 0 aliphatic carbocycles. The van der Waals surface area contributed by atoms with E-state index in [4.69, 9.17) is 0 Å². The summed E-state index contributed by atoms with van der Waals surface area (Å²) in [6.45, 7) is 3.63. The minimum Gasteiger partial charge on any atom is -0.358 e. The standard InChI is InChI=1S/C9H19N3O2/c1-9(2,11-4)8(14)12(5)6-7(13)10-3/h11H,6H2,1-5H3,(H,10,13). The van der Waals surface area contributed by atoms with E-state index in [1.54, 1.807) is 35.0 Å². The van der Waals surface area contributed by atoms with Gasteiger partial charge in [-0.1, -0.05) is 0 Å². The molecule has 0 bridgehead atoms. The number of nitrogens with one attached hydrogen (secondary N) is 2. The zero-order valence-electron chi connectivity index (χ0n) is 9.47. The Kier molecular flexibility index (Phi) is 4.56. The van der Waals surface area contributed by atoms with Gasteiger partial charge in [0.15, 0.2) is 0 Å². The molecule has 5 nitrogen and oxygen atoms in total. The Morgan fingerprint density at radius 3 is 2.14 bits per heavy atom. The van der Waals surface area contributed by atoms with E-state index >= 15 is 0 Å². The van der Waals surface area contributed by atoms with Gasteiger partial charge in [0.2, 0.25) is 11.8 Å². The summed E-state index contributed by atoms with van der Waals surface area (Å²) < 4.78 is 0. The quantitative estimate of drug-likeness (QED) is 0.625. The van der Waals surface area contributed by atoms with Crippen LogP contribution in [0.2, 0.25) is 0 Å². The zero-order valence-corrected chi connectivity index (χ0v) is 9.47. The Morgan fingerprint density at radius 2 is 1.79 bits per heavy atom. The summed E-state index contributed by atoms with van der Waals surface area (Å²) in [5.41, 5.74) is -0.636. The average molecular weight is 201 g/mol. The number of carbonyl (C=O) groups is 2. The van der Waals surface area contributed by atoms with E-state index in [1.807, 2.05) is 0 Å². The first-order valence-corrected chi connectivity index (χ1v) is 4.50. The fourth-order valence-electron chi connectivity index (χ4n) is 0.950. The number of likely N-dealkylation sites (N-methyl/N-ethyl adjacent to an activating group) is 3. The normalized spacial score (nSPS) is 10.9. The molecule has 0 unspecified atom stereocenters.